The molecule has 0 aliphatic carbocycles. The van der Waals surface area contributed by atoms with Crippen molar-refractivity contribution in [1.82, 2.24) is 10.2 Å². The van der Waals surface area contributed by atoms with E-state index in [2.05, 4.69) is 21.6 Å². The van der Waals surface area contributed by atoms with Gasteiger partial charge in [0, 0.05) is 22.7 Å². The van der Waals surface area contributed by atoms with Crippen LogP contribution in [0.25, 0.3) is 0 Å². The highest BCUT2D eigenvalue weighted by Crippen LogP contribution is 2.30. The summed E-state index contributed by atoms with van der Waals surface area (Å²) in [6, 6.07) is 10.6. The van der Waals surface area contributed by atoms with E-state index in [1.54, 1.807) is 47.4 Å². The van der Waals surface area contributed by atoms with Gasteiger partial charge >= 0.3 is 0 Å². The molecule has 146 valence electrons. The number of thiophene rings is 1. The molecule has 0 radical (unpaired) electrons. The molecule has 3 heterocycles. The van der Waals surface area contributed by atoms with Crippen LogP contribution in [0.2, 0.25) is 0 Å². The van der Waals surface area contributed by atoms with Crippen LogP contribution >= 0.6 is 34.4 Å². The van der Waals surface area contributed by atoms with Crippen molar-refractivity contribution in [1.29, 1.82) is 0 Å². The van der Waals surface area contributed by atoms with Gasteiger partial charge in [-0.05, 0) is 42.1 Å². The minimum absolute atomic E-state index is 0.166. The fourth-order valence-corrected chi connectivity index (χ4v) is 6.81. The molecule has 1 N–H and O–H groups in total. The molecule has 1 aliphatic rings. The maximum Gasteiger partial charge on any atom is 0.257 e. The number of sulfonamides is 1. The van der Waals surface area contributed by atoms with Crippen molar-refractivity contribution in [2.45, 2.75) is 16.5 Å². The molecule has 0 unspecified atom stereocenters. The van der Waals surface area contributed by atoms with E-state index in [-0.39, 0.29) is 11.7 Å². The van der Waals surface area contributed by atoms with E-state index < -0.39 is 10.0 Å². The fraction of sp³-hybridized carbons (Fsp3) is 0.235. The molecule has 1 aromatic carbocycles. The lowest BCUT2D eigenvalue weighted by molar-refractivity contribution is 0.102. The second-order valence-electron chi connectivity index (χ2n) is 5.98. The first kappa shape index (κ1) is 19.4. The van der Waals surface area contributed by atoms with Crippen LogP contribution in [-0.2, 0) is 15.8 Å². The van der Waals surface area contributed by atoms with Gasteiger partial charge in [-0.1, -0.05) is 29.2 Å². The minimum atomic E-state index is -3.23. The zero-order valence-electron chi connectivity index (χ0n) is 14.6. The summed E-state index contributed by atoms with van der Waals surface area (Å²) in [6.45, 7) is 0.477. The number of aromatic nitrogens is 2. The van der Waals surface area contributed by atoms with E-state index in [0.29, 0.717) is 29.3 Å². The predicted molar refractivity (Wildman–Crippen MR) is 114 cm³/mol. The highest BCUT2D eigenvalue weighted by molar-refractivity contribution is 8.00. The van der Waals surface area contributed by atoms with Crippen molar-refractivity contribution in [3.63, 3.8) is 0 Å². The van der Waals surface area contributed by atoms with Crippen LogP contribution in [0.5, 0.6) is 0 Å². The number of benzene rings is 1. The summed E-state index contributed by atoms with van der Waals surface area (Å²) >= 11 is 4.60. The molecule has 0 spiro atoms. The Kier molecular flexibility index (Phi) is 5.67. The van der Waals surface area contributed by atoms with Crippen LogP contribution in [0.3, 0.4) is 0 Å². The summed E-state index contributed by atoms with van der Waals surface area (Å²) < 4.78 is 26.1. The molecular formula is C17H16N4O3S4. The summed E-state index contributed by atoms with van der Waals surface area (Å²) in [4.78, 5) is 13.7. The number of nitrogens with one attached hydrogen (secondary N) is 1. The summed E-state index contributed by atoms with van der Waals surface area (Å²) in [6.07, 6.45) is 0.619. The Labute approximate surface area is 174 Å². The Morgan fingerprint density at radius 3 is 2.71 bits per heavy atom. The lowest BCUT2D eigenvalue weighted by Gasteiger charge is -2.16. The van der Waals surface area contributed by atoms with Gasteiger partial charge in [-0.3, -0.25) is 14.4 Å². The lowest BCUT2D eigenvalue weighted by atomic mass is 10.2. The van der Waals surface area contributed by atoms with Crippen LogP contribution in [-0.4, -0.2) is 36.8 Å². The van der Waals surface area contributed by atoms with E-state index in [1.165, 1.54) is 20.5 Å². The maximum absolute atomic E-state index is 12.4. The van der Waals surface area contributed by atoms with Gasteiger partial charge in [0.25, 0.3) is 5.91 Å². The molecule has 1 aliphatic heterocycles. The highest BCUT2D eigenvalue weighted by atomic mass is 32.2. The molecule has 28 heavy (non-hydrogen) atoms. The van der Waals surface area contributed by atoms with Crippen molar-refractivity contribution in [2.24, 2.45) is 0 Å². The van der Waals surface area contributed by atoms with Gasteiger partial charge in [0.2, 0.25) is 15.2 Å². The van der Waals surface area contributed by atoms with Crippen molar-refractivity contribution >= 4 is 61.2 Å². The summed E-state index contributed by atoms with van der Waals surface area (Å²) in [5.74, 6) is 0.682. The Morgan fingerprint density at radius 2 is 2.04 bits per heavy atom. The number of hydrogen-bond acceptors (Lipinski definition) is 8. The standard InChI is InChI=1S/C17H16N4O3S4/c22-15(12-4-6-13(7-5-12)21-8-2-10-28(21,23)24)18-16-19-20-17(27-16)26-11-14-3-1-9-25-14/h1,3-7,9H,2,8,10-11H2,(H,18,19,22). The molecular weight excluding hydrogens is 436 g/mol. The molecule has 1 amide bonds. The molecule has 4 rings (SSSR count). The molecule has 11 heteroatoms. The minimum Gasteiger partial charge on any atom is -0.296 e. The monoisotopic (exact) mass is 452 g/mol. The number of carbonyl (C=O) groups excluding carboxylic acids is 1. The first-order valence-electron chi connectivity index (χ1n) is 8.42. The normalized spacial score (nSPS) is 15.6. The van der Waals surface area contributed by atoms with Crippen LogP contribution in [0.4, 0.5) is 10.8 Å². The Balaban J connectivity index is 1.37. The highest BCUT2D eigenvalue weighted by Gasteiger charge is 2.28. The number of thioether (sulfide) groups is 1. The number of rotatable bonds is 6. The second-order valence-corrected chi connectivity index (χ2v) is 11.2. The topological polar surface area (TPSA) is 92.3 Å². The first-order chi connectivity index (χ1) is 13.5. The molecule has 7 nitrogen and oxygen atoms in total. The fourth-order valence-electron chi connectivity index (χ4n) is 2.72. The molecule has 3 aromatic rings. The smallest absolute Gasteiger partial charge is 0.257 e. The average Bonchev–Trinajstić information content (AvgIpc) is 3.41. The number of anilines is 2. The zero-order chi connectivity index (χ0) is 19.6. The van der Waals surface area contributed by atoms with Crippen molar-refractivity contribution < 1.29 is 13.2 Å². The third-order valence-electron chi connectivity index (χ3n) is 4.06. The molecule has 1 saturated heterocycles. The van der Waals surface area contributed by atoms with Crippen LogP contribution in [0.1, 0.15) is 21.7 Å². The summed E-state index contributed by atoms with van der Waals surface area (Å²) in [5.41, 5.74) is 1.01. The molecule has 0 saturated carbocycles. The van der Waals surface area contributed by atoms with Gasteiger partial charge in [0.1, 0.15) is 0 Å². The number of hydrogen-bond donors (Lipinski definition) is 1. The Bertz CT molecular complexity index is 1060. The zero-order valence-corrected chi connectivity index (χ0v) is 17.8. The van der Waals surface area contributed by atoms with E-state index in [0.717, 1.165) is 10.1 Å². The molecule has 0 bridgehead atoms. The van der Waals surface area contributed by atoms with Crippen LogP contribution in [0.15, 0.2) is 46.1 Å². The number of amides is 1. The van der Waals surface area contributed by atoms with E-state index in [9.17, 15) is 13.2 Å². The van der Waals surface area contributed by atoms with Gasteiger partial charge in [-0.2, -0.15) is 0 Å². The van der Waals surface area contributed by atoms with Gasteiger partial charge in [-0.15, -0.1) is 21.5 Å². The van der Waals surface area contributed by atoms with Gasteiger partial charge in [-0.25, -0.2) is 8.42 Å². The lowest BCUT2D eigenvalue weighted by Crippen LogP contribution is -2.25. The van der Waals surface area contributed by atoms with Gasteiger partial charge in [0.15, 0.2) is 4.34 Å². The molecule has 1 fully saturated rings. The SMILES string of the molecule is O=C(Nc1nnc(SCc2cccs2)s1)c1ccc(N2CCCS2(=O)=O)cc1. The largest absolute Gasteiger partial charge is 0.296 e. The van der Waals surface area contributed by atoms with Crippen molar-refractivity contribution in [3.8, 4) is 0 Å². The Morgan fingerprint density at radius 1 is 1.21 bits per heavy atom. The van der Waals surface area contributed by atoms with Crippen molar-refractivity contribution in [2.75, 3.05) is 21.9 Å². The van der Waals surface area contributed by atoms with Gasteiger partial charge in [0.05, 0.1) is 11.4 Å². The van der Waals surface area contributed by atoms with Gasteiger partial charge < -0.3 is 0 Å². The quantitative estimate of drug-likeness (QED) is 0.453. The predicted octanol–water partition coefficient (Wildman–Crippen LogP) is 3.68. The maximum atomic E-state index is 12.4. The third-order valence-corrected chi connectivity index (χ3v) is 9.01. The Hall–Kier alpha value is -1.95. The summed E-state index contributed by atoms with van der Waals surface area (Å²) in [5, 5.41) is 13.3. The second kappa shape index (κ2) is 8.19. The number of carbonyl (C=O) groups is 1. The third kappa shape index (κ3) is 4.37. The van der Waals surface area contributed by atoms with Crippen molar-refractivity contribution in [3.05, 3.63) is 52.2 Å². The summed E-state index contributed by atoms with van der Waals surface area (Å²) in [7, 11) is -3.23. The molecule has 2 aromatic heterocycles. The average molecular weight is 453 g/mol. The first-order valence-corrected chi connectivity index (χ1v) is 12.7. The number of nitrogens with zero attached hydrogens (tertiary/aromatic N) is 3. The van der Waals surface area contributed by atoms with Crippen LogP contribution in [0, 0.1) is 0 Å². The van der Waals surface area contributed by atoms with E-state index >= 15 is 0 Å². The molecule has 0 atom stereocenters. The van der Waals surface area contributed by atoms with E-state index in [4.69, 9.17) is 0 Å². The van der Waals surface area contributed by atoms with E-state index in [1.807, 2.05) is 11.4 Å². The van der Waals surface area contributed by atoms with Crippen LogP contribution < -0.4 is 9.62 Å².